The molecule has 0 aromatic heterocycles. The normalized spacial score (nSPS) is 12.5. The third kappa shape index (κ3) is 7.44. The fourth-order valence-corrected chi connectivity index (χ4v) is 3.14. The largest absolute Gasteiger partial charge is 0.497 e. The predicted molar refractivity (Wildman–Crippen MR) is 118 cm³/mol. The smallest absolute Gasteiger partial charge is 0.328 e. The van der Waals surface area contributed by atoms with Gasteiger partial charge in [0.15, 0.2) is 0 Å². The van der Waals surface area contributed by atoms with E-state index >= 15 is 0 Å². The molecule has 0 aliphatic heterocycles. The molecule has 0 spiro atoms. The van der Waals surface area contributed by atoms with E-state index in [1.807, 2.05) is 44.2 Å². The Bertz CT molecular complexity index is 865. The van der Waals surface area contributed by atoms with Crippen LogP contribution >= 0.6 is 0 Å². The summed E-state index contributed by atoms with van der Waals surface area (Å²) in [7, 11) is 2.83. The second-order valence-corrected chi connectivity index (χ2v) is 7.66. The van der Waals surface area contributed by atoms with E-state index in [9.17, 15) is 14.4 Å². The zero-order chi connectivity index (χ0) is 22.8. The maximum absolute atomic E-state index is 13.0. The second-order valence-electron chi connectivity index (χ2n) is 7.66. The van der Waals surface area contributed by atoms with Crippen LogP contribution in [0.1, 0.15) is 36.2 Å². The summed E-state index contributed by atoms with van der Waals surface area (Å²) in [6.07, 6.45) is 0.715. The first-order valence-corrected chi connectivity index (χ1v) is 10.2. The van der Waals surface area contributed by atoms with E-state index in [0.29, 0.717) is 24.2 Å². The maximum Gasteiger partial charge on any atom is 0.328 e. The molecule has 2 aromatic rings. The fourth-order valence-electron chi connectivity index (χ4n) is 3.14. The number of carbonyl (C=O) groups is 3. The van der Waals surface area contributed by atoms with E-state index in [1.165, 1.54) is 7.11 Å². The predicted octanol–water partition coefficient (Wildman–Crippen LogP) is 2.74. The summed E-state index contributed by atoms with van der Waals surface area (Å²) in [4.78, 5) is 38.0. The van der Waals surface area contributed by atoms with Crippen molar-refractivity contribution < 1.29 is 23.9 Å². The molecule has 2 rings (SSSR count). The number of hydrogen-bond donors (Lipinski definition) is 2. The first-order valence-electron chi connectivity index (χ1n) is 10.2. The van der Waals surface area contributed by atoms with Gasteiger partial charge in [-0.25, -0.2) is 4.79 Å². The molecule has 0 heterocycles. The molecule has 7 heteroatoms. The Morgan fingerprint density at radius 2 is 1.52 bits per heavy atom. The second kappa shape index (κ2) is 11.7. The fraction of sp³-hybridized carbons (Fsp3) is 0.375. The quantitative estimate of drug-likeness (QED) is 0.570. The van der Waals surface area contributed by atoms with Crippen LogP contribution in [0.2, 0.25) is 0 Å². The zero-order valence-electron chi connectivity index (χ0n) is 18.4. The minimum atomic E-state index is -0.854. The van der Waals surface area contributed by atoms with Gasteiger partial charge in [-0.2, -0.15) is 0 Å². The zero-order valence-corrected chi connectivity index (χ0v) is 18.4. The van der Waals surface area contributed by atoms with Crippen LogP contribution in [0.5, 0.6) is 5.75 Å². The van der Waals surface area contributed by atoms with Crippen molar-refractivity contribution in [2.24, 2.45) is 5.92 Å². The summed E-state index contributed by atoms with van der Waals surface area (Å²) in [6.45, 7) is 3.92. The molecule has 0 saturated carbocycles. The molecule has 2 amide bonds. The standard InChI is InChI=1S/C24H30N2O5/c1-16(2)14-20(25-22(27)18-10-12-19(30-3)13-11-18)23(28)26-21(24(29)31-4)15-17-8-6-5-7-9-17/h5-13,16,20-21H,14-15H2,1-4H3,(H,25,27)(H,26,28)/t20-,21+/m0/s1. The number of nitrogens with one attached hydrogen (secondary N) is 2. The van der Waals surface area contributed by atoms with Crippen molar-refractivity contribution in [1.29, 1.82) is 0 Å². The molecule has 2 aromatic carbocycles. The number of benzene rings is 2. The highest BCUT2D eigenvalue weighted by molar-refractivity contribution is 5.98. The number of ether oxygens (including phenoxy) is 2. The van der Waals surface area contributed by atoms with Gasteiger partial charge < -0.3 is 20.1 Å². The molecule has 0 bridgehead atoms. The molecule has 7 nitrogen and oxygen atoms in total. The van der Waals surface area contributed by atoms with E-state index in [2.05, 4.69) is 10.6 Å². The molecule has 166 valence electrons. The summed E-state index contributed by atoms with van der Waals surface area (Å²) < 4.78 is 9.97. The summed E-state index contributed by atoms with van der Waals surface area (Å²) in [5.74, 6) is -0.558. The highest BCUT2D eigenvalue weighted by atomic mass is 16.5. The third-order valence-electron chi connectivity index (χ3n) is 4.77. The van der Waals surface area contributed by atoms with Crippen LogP contribution < -0.4 is 15.4 Å². The maximum atomic E-state index is 13.0. The van der Waals surface area contributed by atoms with E-state index in [-0.39, 0.29) is 11.8 Å². The van der Waals surface area contributed by atoms with Crippen molar-refractivity contribution in [3.8, 4) is 5.75 Å². The van der Waals surface area contributed by atoms with Gasteiger partial charge in [0.1, 0.15) is 17.8 Å². The Morgan fingerprint density at radius 3 is 2.06 bits per heavy atom. The van der Waals surface area contributed by atoms with Crippen molar-refractivity contribution in [2.75, 3.05) is 14.2 Å². The lowest BCUT2D eigenvalue weighted by atomic mass is 10.0. The molecule has 0 aliphatic carbocycles. The van der Waals surface area contributed by atoms with Crippen LogP contribution in [-0.4, -0.2) is 44.1 Å². The molecule has 31 heavy (non-hydrogen) atoms. The Kier molecular flexibility index (Phi) is 9.06. The van der Waals surface area contributed by atoms with Gasteiger partial charge in [0.25, 0.3) is 5.91 Å². The Morgan fingerprint density at radius 1 is 0.871 bits per heavy atom. The van der Waals surface area contributed by atoms with Crippen molar-refractivity contribution in [3.05, 3.63) is 65.7 Å². The molecule has 0 fully saturated rings. The van der Waals surface area contributed by atoms with Gasteiger partial charge in [-0.1, -0.05) is 44.2 Å². The molecule has 0 radical (unpaired) electrons. The number of hydrogen-bond acceptors (Lipinski definition) is 5. The Balaban J connectivity index is 2.13. The van der Waals surface area contributed by atoms with Gasteiger partial charge in [0, 0.05) is 12.0 Å². The lowest BCUT2D eigenvalue weighted by molar-refractivity contribution is -0.145. The average molecular weight is 427 g/mol. The number of rotatable bonds is 10. The lowest BCUT2D eigenvalue weighted by Gasteiger charge is -2.23. The molecule has 0 unspecified atom stereocenters. The summed E-state index contributed by atoms with van der Waals surface area (Å²) in [5.41, 5.74) is 1.30. The van der Waals surface area contributed by atoms with Crippen molar-refractivity contribution in [1.82, 2.24) is 10.6 Å². The Hall–Kier alpha value is -3.35. The van der Waals surface area contributed by atoms with Crippen LogP contribution in [0.3, 0.4) is 0 Å². The minimum absolute atomic E-state index is 0.151. The average Bonchev–Trinajstić information content (AvgIpc) is 2.78. The van der Waals surface area contributed by atoms with Gasteiger partial charge in [-0.3, -0.25) is 9.59 Å². The summed E-state index contributed by atoms with van der Waals surface area (Å²) in [5, 5.41) is 5.53. The monoisotopic (exact) mass is 426 g/mol. The lowest BCUT2D eigenvalue weighted by Crippen LogP contribution is -2.52. The highest BCUT2D eigenvalue weighted by Gasteiger charge is 2.28. The van der Waals surface area contributed by atoms with Crippen LogP contribution in [0.4, 0.5) is 0 Å². The number of methoxy groups -OCH3 is 2. The van der Waals surface area contributed by atoms with Crippen molar-refractivity contribution in [2.45, 2.75) is 38.8 Å². The molecule has 2 N–H and O–H groups in total. The van der Waals surface area contributed by atoms with Crippen LogP contribution in [0.25, 0.3) is 0 Å². The molecular formula is C24H30N2O5. The summed E-state index contributed by atoms with van der Waals surface area (Å²) >= 11 is 0. The van der Waals surface area contributed by atoms with Crippen molar-refractivity contribution in [3.63, 3.8) is 0 Å². The van der Waals surface area contributed by atoms with E-state index in [4.69, 9.17) is 9.47 Å². The molecule has 0 saturated heterocycles. The van der Waals surface area contributed by atoms with Crippen molar-refractivity contribution >= 4 is 17.8 Å². The highest BCUT2D eigenvalue weighted by Crippen LogP contribution is 2.13. The topological polar surface area (TPSA) is 93.7 Å². The van der Waals surface area contributed by atoms with Crippen LogP contribution in [-0.2, 0) is 20.7 Å². The first kappa shape index (κ1) is 23.9. The number of carbonyl (C=O) groups excluding carboxylic acids is 3. The van der Waals surface area contributed by atoms with Gasteiger partial charge in [0.2, 0.25) is 5.91 Å². The number of amides is 2. The third-order valence-corrected chi connectivity index (χ3v) is 4.77. The number of esters is 1. The molecule has 0 aliphatic rings. The minimum Gasteiger partial charge on any atom is -0.497 e. The summed E-state index contributed by atoms with van der Waals surface area (Å²) in [6, 6.07) is 14.3. The van der Waals surface area contributed by atoms with Crippen LogP contribution in [0, 0.1) is 5.92 Å². The molecule has 2 atom stereocenters. The first-order chi connectivity index (χ1) is 14.8. The van der Waals surface area contributed by atoms with Crippen LogP contribution in [0.15, 0.2) is 54.6 Å². The molecular weight excluding hydrogens is 396 g/mol. The SMILES string of the molecule is COC(=O)[C@@H](Cc1ccccc1)NC(=O)[C@H](CC(C)C)NC(=O)c1ccc(OC)cc1. The van der Waals surface area contributed by atoms with E-state index in [1.54, 1.807) is 31.4 Å². The van der Waals surface area contributed by atoms with E-state index < -0.39 is 24.0 Å². The van der Waals surface area contributed by atoms with E-state index in [0.717, 1.165) is 5.56 Å². The van der Waals surface area contributed by atoms with Gasteiger partial charge >= 0.3 is 5.97 Å². The van der Waals surface area contributed by atoms with Gasteiger partial charge in [-0.15, -0.1) is 0 Å². The Labute approximate surface area is 183 Å². The van der Waals surface area contributed by atoms with Gasteiger partial charge in [-0.05, 0) is 42.2 Å². The van der Waals surface area contributed by atoms with Gasteiger partial charge in [0.05, 0.1) is 14.2 Å².